The lowest BCUT2D eigenvalue weighted by Gasteiger charge is -2.19. The second-order valence-corrected chi connectivity index (χ2v) is 6.98. The zero-order valence-electron chi connectivity index (χ0n) is 15.3. The first-order chi connectivity index (χ1) is 12.6. The molecule has 27 heavy (non-hydrogen) atoms. The molecule has 7 heteroatoms. The Hall–Kier alpha value is -2.21. The normalized spacial score (nSPS) is 12.7. The second kappa shape index (κ2) is 8.65. The van der Waals surface area contributed by atoms with Gasteiger partial charge in [0.15, 0.2) is 0 Å². The van der Waals surface area contributed by atoms with Crippen molar-refractivity contribution in [3.05, 3.63) is 64.2 Å². The largest absolute Gasteiger partial charge is 0.416 e. The average Bonchev–Trinajstić information content (AvgIpc) is 2.60. The van der Waals surface area contributed by atoms with Crippen molar-refractivity contribution in [1.82, 2.24) is 5.32 Å². The topological polar surface area (TPSA) is 41.1 Å². The molecule has 3 nitrogen and oxygen atoms in total. The van der Waals surface area contributed by atoms with E-state index in [1.165, 1.54) is 5.56 Å². The molecule has 0 fully saturated rings. The average molecular weight is 399 g/mol. The molecular formula is C20H22ClF3N2O. The van der Waals surface area contributed by atoms with Crippen LogP contribution in [-0.4, -0.2) is 6.03 Å². The number of amides is 2. The minimum Gasteiger partial charge on any atom is -0.331 e. The Morgan fingerprint density at radius 2 is 1.67 bits per heavy atom. The van der Waals surface area contributed by atoms with Gasteiger partial charge >= 0.3 is 12.2 Å². The van der Waals surface area contributed by atoms with Crippen LogP contribution in [0.1, 0.15) is 55.8 Å². The summed E-state index contributed by atoms with van der Waals surface area (Å²) in [7, 11) is 0. The van der Waals surface area contributed by atoms with Crippen LogP contribution >= 0.6 is 11.6 Å². The molecule has 0 spiro atoms. The molecule has 2 aromatic rings. The maximum atomic E-state index is 12.8. The Labute approximate surface area is 161 Å². The Morgan fingerprint density at radius 3 is 2.19 bits per heavy atom. The number of halogens is 4. The number of anilines is 1. The molecular weight excluding hydrogens is 377 g/mol. The molecule has 0 aliphatic rings. The van der Waals surface area contributed by atoms with Crippen molar-refractivity contribution in [2.24, 2.45) is 0 Å². The van der Waals surface area contributed by atoms with E-state index in [1.807, 2.05) is 31.2 Å². The lowest BCUT2D eigenvalue weighted by molar-refractivity contribution is -0.137. The second-order valence-electron chi connectivity index (χ2n) is 6.57. The van der Waals surface area contributed by atoms with Crippen LogP contribution in [0, 0.1) is 0 Å². The van der Waals surface area contributed by atoms with Crippen molar-refractivity contribution in [2.75, 3.05) is 5.32 Å². The Kier molecular flexibility index (Phi) is 6.76. The van der Waals surface area contributed by atoms with Crippen molar-refractivity contribution in [3.8, 4) is 0 Å². The lowest BCUT2D eigenvalue weighted by Crippen LogP contribution is -2.32. The predicted octanol–water partition coefficient (Wildman–Crippen LogP) is 6.76. The first kappa shape index (κ1) is 21.1. The van der Waals surface area contributed by atoms with Gasteiger partial charge in [-0.3, -0.25) is 0 Å². The summed E-state index contributed by atoms with van der Waals surface area (Å²) in [6, 6.07) is 9.82. The first-order valence-electron chi connectivity index (χ1n) is 8.66. The highest BCUT2D eigenvalue weighted by Crippen LogP contribution is 2.33. The smallest absolute Gasteiger partial charge is 0.331 e. The van der Waals surface area contributed by atoms with Crippen LogP contribution in [-0.2, 0) is 6.18 Å². The van der Waals surface area contributed by atoms with Gasteiger partial charge in [-0.25, -0.2) is 4.79 Å². The van der Waals surface area contributed by atoms with Crippen LogP contribution in [0.25, 0.3) is 0 Å². The van der Waals surface area contributed by atoms with Gasteiger partial charge in [-0.15, -0.1) is 0 Å². The summed E-state index contributed by atoms with van der Waals surface area (Å²) in [5.41, 5.74) is 1.15. The van der Waals surface area contributed by atoms with Gasteiger partial charge in [0.25, 0.3) is 0 Å². The molecule has 2 aromatic carbocycles. The zero-order valence-corrected chi connectivity index (χ0v) is 16.1. The third-order valence-corrected chi connectivity index (χ3v) is 4.59. The van der Waals surface area contributed by atoms with E-state index in [4.69, 9.17) is 11.6 Å². The zero-order chi connectivity index (χ0) is 20.2. The quantitative estimate of drug-likeness (QED) is 0.574. The molecule has 0 bridgehead atoms. The van der Waals surface area contributed by atoms with E-state index in [0.29, 0.717) is 12.3 Å². The summed E-state index contributed by atoms with van der Waals surface area (Å²) in [6.07, 6.45) is -3.88. The Morgan fingerprint density at radius 1 is 1.07 bits per heavy atom. The molecule has 0 saturated heterocycles. The Bertz CT molecular complexity index is 789. The monoisotopic (exact) mass is 398 g/mol. The molecule has 146 valence electrons. The van der Waals surface area contributed by atoms with Gasteiger partial charge in [-0.1, -0.05) is 56.6 Å². The molecule has 0 aliphatic carbocycles. The predicted molar refractivity (Wildman–Crippen MR) is 102 cm³/mol. The van der Waals surface area contributed by atoms with Crippen LogP contribution in [0.15, 0.2) is 42.5 Å². The number of carbonyl (C=O) groups is 1. The number of urea groups is 1. The molecule has 0 aromatic heterocycles. The molecule has 0 aliphatic heterocycles. The first-order valence-corrected chi connectivity index (χ1v) is 9.03. The van der Waals surface area contributed by atoms with Crippen LogP contribution in [0.3, 0.4) is 0 Å². The van der Waals surface area contributed by atoms with Crippen LogP contribution < -0.4 is 10.6 Å². The van der Waals surface area contributed by atoms with Gasteiger partial charge in [-0.05, 0) is 41.7 Å². The summed E-state index contributed by atoms with van der Waals surface area (Å²) in [5.74, 6) is 0.401. The lowest BCUT2D eigenvalue weighted by atomic mass is 9.98. The van der Waals surface area contributed by atoms with E-state index in [-0.39, 0.29) is 16.8 Å². The van der Waals surface area contributed by atoms with Crippen molar-refractivity contribution in [1.29, 1.82) is 0 Å². The van der Waals surface area contributed by atoms with E-state index < -0.39 is 17.8 Å². The standard InChI is InChI=1S/C20H22ClF3N2O/c1-4-17(14-7-5-13(6-8-14)12(2)3)25-19(27)26-18-11-15(20(22,23)24)9-10-16(18)21/h5-12,17H,4H2,1-3H3,(H2,25,26,27)/t17-/m0/s1. The molecule has 0 radical (unpaired) electrons. The van der Waals surface area contributed by atoms with Crippen LogP contribution in [0.2, 0.25) is 5.02 Å². The summed E-state index contributed by atoms with van der Waals surface area (Å²) in [4.78, 5) is 12.3. The number of nitrogens with one attached hydrogen (secondary N) is 2. The van der Waals surface area contributed by atoms with Crippen LogP contribution in [0.5, 0.6) is 0 Å². The van der Waals surface area contributed by atoms with Gasteiger partial charge in [0.1, 0.15) is 0 Å². The molecule has 0 saturated carbocycles. The number of benzene rings is 2. The molecule has 2 amide bonds. The third kappa shape index (κ3) is 5.63. The fourth-order valence-corrected chi connectivity index (χ4v) is 2.81. The minimum atomic E-state index is -4.51. The highest BCUT2D eigenvalue weighted by molar-refractivity contribution is 6.33. The van der Waals surface area contributed by atoms with E-state index >= 15 is 0 Å². The number of hydrogen-bond donors (Lipinski definition) is 2. The maximum absolute atomic E-state index is 12.8. The number of hydrogen-bond acceptors (Lipinski definition) is 1. The number of carbonyl (C=O) groups excluding carboxylic acids is 1. The van der Waals surface area contributed by atoms with Gasteiger partial charge in [0.05, 0.1) is 22.3 Å². The fraction of sp³-hybridized carbons (Fsp3) is 0.350. The van der Waals surface area contributed by atoms with E-state index in [0.717, 1.165) is 23.8 Å². The van der Waals surface area contributed by atoms with E-state index in [9.17, 15) is 18.0 Å². The molecule has 0 heterocycles. The van der Waals surface area contributed by atoms with Crippen molar-refractivity contribution in [2.45, 2.75) is 45.3 Å². The summed E-state index contributed by atoms with van der Waals surface area (Å²) in [5, 5.41) is 5.22. The van der Waals surface area contributed by atoms with Gasteiger partial charge in [-0.2, -0.15) is 13.2 Å². The van der Waals surface area contributed by atoms with Crippen LogP contribution in [0.4, 0.5) is 23.7 Å². The van der Waals surface area contributed by atoms with Crippen molar-refractivity contribution >= 4 is 23.3 Å². The minimum absolute atomic E-state index is 0.0347. The molecule has 2 N–H and O–H groups in total. The van der Waals surface area contributed by atoms with Crippen molar-refractivity contribution in [3.63, 3.8) is 0 Å². The maximum Gasteiger partial charge on any atom is 0.416 e. The highest BCUT2D eigenvalue weighted by Gasteiger charge is 2.31. The van der Waals surface area contributed by atoms with Gasteiger partial charge < -0.3 is 10.6 Å². The summed E-state index contributed by atoms with van der Waals surface area (Å²) >= 11 is 5.91. The van der Waals surface area contributed by atoms with E-state index in [1.54, 1.807) is 0 Å². The summed E-state index contributed by atoms with van der Waals surface area (Å²) in [6.45, 7) is 6.10. The van der Waals surface area contributed by atoms with Crippen molar-refractivity contribution < 1.29 is 18.0 Å². The molecule has 0 unspecified atom stereocenters. The number of alkyl halides is 3. The number of rotatable bonds is 5. The third-order valence-electron chi connectivity index (χ3n) is 4.26. The highest BCUT2D eigenvalue weighted by atomic mass is 35.5. The van der Waals surface area contributed by atoms with Gasteiger partial charge in [0, 0.05) is 0 Å². The summed E-state index contributed by atoms with van der Waals surface area (Å²) < 4.78 is 38.5. The van der Waals surface area contributed by atoms with Gasteiger partial charge in [0.2, 0.25) is 0 Å². The molecule has 2 rings (SSSR count). The van der Waals surface area contributed by atoms with E-state index in [2.05, 4.69) is 24.5 Å². The SMILES string of the molecule is CC[C@H](NC(=O)Nc1cc(C(F)(F)F)ccc1Cl)c1ccc(C(C)C)cc1. The fourth-order valence-electron chi connectivity index (χ4n) is 2.65. The molecule has 1 atom stereocenters. The Balaban J connectivity index is 2.11.